The molecule has 0 rings (SSSR count). The lowest BCUT2D eigenvalue weighted by atomic mass is 10.2. The van der Waals surface area contributed by atoms with Crippen molar-refractivity contribution in [3.63, 3.8) is 0 Å². The summed E-state index contributed by atoms with van der Waals surface area (Å²) in [4.78, 5) is 10.1. The lowest BCUT2D eigenvalue weighted by Gasteiger charge is -2.09. The molecule has 6 nitrogen and oxygen atoms in total. The first-order chi connectivity index (χ1) is 5.87. The van der Waals surface area contributed by atoms with Crippen molar-refractivity contribution in [2.45, 2.75) is 19.4 Å². The number of hydrogen-bond donors (Lipinski definition) is 3. The highest BCUT2D eigenvalue weighted by Crippen LogP contribution is 1.87. The van der Waals surface area contributed by atoms with Gasteiger partial charge in [-0.2, -0.15) is 0 Å². The van der Waals surface area contributed by atoms with Crippen molar-refractivity contribution >= 4 is 16.0 Å². The Bertz CT molecular complexity index is 262. The molecule has 7 heteroatoms. The fourth-order valence-corrected chi connectivity index (χ4v) is 1.49. The van der Waals surface area contributed by atoms with Gasteiger partial charge in [0.15, 0.2) is 5.75 Å². The van der Waals surface area contributed by atoms with Gasteiger partial charge in [-0.15, -0.1) is 0 Å². The molecule has 13 heavy (non-hydrogen) atoms. The van der Waals surface area contributed by atoms with Crippen molar-refractivity contribution < 1.29 is 18.3 Å². The van der Waals surface area contributed by atoms with Gasteiger partial charge in [-0.05, 0) is 6.42 Å². The zero-order valence-electron chi connectivity index (χ0n) is 7.36. The third kappa shape index (κ3) is 6.50. The summed E-state index contributed by atoms with van der Waals surface area (Å²) in [5.74, 6) is -2.29. The van der Waals surface area contributed by atoms with Gasteiger partial charge in [-0.25, -0.2) is 13.1 Å². The molecule has 0 saturated heterocycles. The highest BCUT2D eigenvalue weighted by molar-refractivity contribution is 7.90. The minimum Gasteiger partial charge on any atom is -0.480 e. The van der Waals surface area contributed by atoms with Crippen LogP contribution < -0.4 is 10.5 Å². The van der Waals surface area contributed by atoms with Crippen LogP contribution in [0.4, 0.5) is 0 Å². The van der Waals surface area contributed by atoms with Crippen LogP contribution in [0.3, 0.4) is 0 Å². The third-order valence-corrected chi connectivity index (χ3v) is 2.64. The molecule has 0 aromatic carbocycles. The number of nitrogens with two attached hydrogens (primary N) is 1. The number of rotatable bonds is 6. The van der Waals surface area contributed by atoms with Gasteiger partial charge in [-0.1, -0.05) is 6.92 Å². The molecule has 0 amide bonds. The summed E-state index contributed by atoms with van der Waals surface area (Å²) in [5.41, 5.74) is 5.44. The molecule has 4 N–H and O–H groups in total. The maximum absolute atomic E-state index is 10.9. The summed E-state index contributed by atoms with van der Waals surface area (Å²) in [6.07, 6.45) is 0.635. The zero-order valence-corrected chi connectivity index (χ0v) is 8.17. The molecule has 1 atom stereocenters. The van der Waals surface area contributed by atoms with Crippen molar-refractivity contribution in [1.82, 2.24) is 4.72 Å². The van der Waals surface area contributed by atoms with Crippen molar-refractivity contribution in [3.05, 3.63) is 0 Å². The minimum absolute atomic E-state index is 0.0755. The summed E-state index contributed by atoms with van der Waals surface area (Å²) in [5, 5.41) is 8.22. The Labute approximate surface area is 77.2 Å². The van der Waals surface area contributed by atoms with Gasteiger partial charge in [0.2, 0.25) is 10.0 Å². The first kappa shape index (κ1) is 12.3. The molecule has 0 radical (unpaired) electrons. The minimum atomic E-state index is -3.72. The number of carbonyl (C=O) groups is 1. The lowest BCUT2D eigenvalue weighted by Crippen LogP contribution is -2.39. The summed E-state index contributed by atoms with van der Waals surface area (Å²) in [6.45, 7) is 1.89. The van der Waals surface area contributed by atoms with Crippen LogP contribution in [0.15, 0.2) is 0 Å². The SMILES string of the molecule is CCC(N)CNS(=O)(=O)CC(=O)O. The third-order valence-electron chi connectivity index (χ3n) is 1.40. The van der Waals surface area contributed by atoms with Gasteiger partial charge >= 0.3 is 5.97 Å². The van der Waals surface area contributed by atoms with Crippen LogP contribution >= 0.6 is 0 Å². The average Bonchev–Trinajstić information content (AvgIpc) is 1.98. The van der Waals surface area contributed by atoms with Crippen LogP contribution in [0.5, 0.6) is 0 Å². The maximum Gasteiger partial charge on any atom is 0.320 e. The molecule has 0 aliphatic rings. The molecule has 0 heterocycles. The Balaban J connectivity index is 3.97. The van der Waals surface area contributed by atoms with Crippen LogP contribution in [0.2, 0.25) is 0 Å². The molecule has 0 aliphatic carbocycles. The second-order valence-electron chi connectivity index (χ2n) is 2.67. The molecule has 0 fully saturated rings. The predicted octanol–water partition coefficient (Wildman–Crippen LogP) is -1.27. The standard InChI is InChI=1S/C6H14N2O4S/c1-2-5(7)3-8-13(11,12)4-6(9)10/h5,8H,2-4,7H2,1H3,(H,9,10). The molecule has 0 aromatic rings. The molecule has 0 spiro atoms. The summed E-state index contributed by atoms with van der Waals surface area (Å²) >= 11 is 0. The van der Waals surface area contributed by atoms with Crippen molar-refractivity contribution in [1.29, 1.82) is 0 Å². The fraction of sp³-hybridized carbons (Fsp3) is 0.833. The van der Waals surface area contributed by atoms with Crippen LogP contribution in [0, 0.1) is 0 Å². The average molecular weight is 210 g/mol. The van der Waals surface area contributed by atoms with Gasteiger partial charge in [0, 0.05) is 12.6 Å². The molecular weight excluding hydrogens is 196 g/mol. The Morgan fingerprint density at radius 3 is 2.54 bits per heavy atom. The smallest absolute Gasteiger partial charge is 0.320 e. The molecule has 0 aromatic heterocycles. The van der Waals surface area contributed by atoms with Gasteiger partial charge < -0.3 is 10.8 Å². The second-order valence-corrected chi connectivity index (χ2v) is 4.48. The highest BCUT2D eigenvalue weighted by atomic mass is 32.2. The van der Waals surface area contributed by atoms with E-state index in [9.17, 15) is 13.2 Å². The van der Waals surface area contributed by atoms with E-state index >= 15 is 0 Å². The van der Waals surface area contributed by atoms with E-state index in [2.05, 4.69) is 4.72 Å². The number of nitrogens with one attached hydrogen (secondary N) is 1. The van der Waals surface area contributed by atoms with Crippen molar-refractivity contribution in [3.8, 4) is 0 Å². The van der Waals surface area contributed by atoms with E-state index in [4.69, 9.17) is 10.8 Å². The van der Waals surface area contributed by atoms with E-state index in [1.165, 1.54) is 0 Å². The predicted molar refractivity (Wildman–Crippen MR) is 47.7 cm³/mol. The van der Waals surface area contributed by atoms with Crippen LogP contribution in [-0.2, 0) is 14.8 Å². The van der Waals surface area contributed by atoms with Gasteiger partial charge in [-0.3, -0.25) is 4.79 Å². The topological polar surface area (TPSA) is 109 Å². The first-order valence-electron chi connectivity index (χ1n) is 3.82. The Morgan fingerprint density at radius 2 is 2.15 bits per heavy atom. The van der Waals surface area contributed by atoms with E-state index in [-0.39, 0.29) is 12.6 Å². The summed E-state index contributed by atoms with van der Waals surface area (Å²) in [6, 6.07) is -0.274. The van der Waals surface area contributed by atoms with Crippen molar-refractivity contribution in [2.75, 3.05) is 12.3 Å². The highest BCUT2D eigenvalue weighted by Gasteiger charge is 2.15. The zero-order chi connectivity index (χ0) is 10.5. The van der Waals surface area contributed by atoms with E-state index in [1.807, 2.05) is 6.92 Å². The Morgan fingerprint density at radius 1 is 1.62 bits per heavy atom. The normalized spacial score (nSPS) is 14.0. The Hall–Kier alpha value is -0.660. The van der Waals surface area contributed by atoms with E-state index in [0.29, 0.717) is 6.42 Å². The lowest BCUT2D eigenvalue weighted by molar-refractivity contribution is -0.134. The van der Waals surface area contributed by atoms with Crippen LogP contribution in [0.1, 0.15) is 13.3 Å². The van der Waals surface area contributed by atoms with Gasteiger partial charge in [0.1, 0.15) is 0 Å². The number of sulfonamides is 1. The maximum atomic E-state index is 10.9. The van der Waals surface area contributed by atoms with Gasteiger partial charge in [0.25, 0.3) is 0 Å². The molecule has 1 unspecified atom stereocenters. The number of carboxylic acid groups (broad SMARTS) is 1. The Kier molecular flexibility index (Phi) is 4.89. The van der Waals surface area contributed by atoms with Crippen LogP contribution in [0.25, 0.3) is 0 Å². The molecule has 78 valence electrons. The van der Waals surface area contributed by atoms with Crippen LogP contribution in [-0.4, -0.2) is 37.8 Å². The molecule has 0 aliphatic heterocycles. The number of hydrogen-bond acceptors (Lipinski definition) is 4. The number of aliphatic carboxylic acids is 1. The van der Waals surface area contributed by atoms with Gasteiger partial charge in [0.05, 0.1) is 0 Å². The molecular formula is C6H14N2O4S. The van der Waals surface area contributed by atoms with E-state index < -0.39 is 21.7 Å². The second kappa shape index (κ2) is 5.15. The summed E-state index contributed by atoms with van der Waals surface area (Å²) in [7, 11) is -3.72. The molecule has 0 saturated carbocycles. The number of carboxylic acids is 1. The molecule has 0 bridgehead atoms. The first-order valence-corrected chi connectivity index (χ1v) is 5.47. The van der Waals surface area contributed by atoms with E-state index in [0.717, 1.165) is 0 Å². The monoisotopic (exact) mass is 210 g/mol. The summed E-state index contributed by atoms with van der Waals surface area (Å²) < 4.78 is 23.9. The quantitative estimate of drug-likeness (QED) is 0.506. The largest absolute Gasteiger partial charge is 0.480 e. The van der Waals surface area contributed by atoms with E-state index in [1.54, 1.807) is 0 Å². The van der Waals surface area contributed by atoms with Crippen molar-refractivity contribution in [2.24, 2.45) is 5.73 Å². The fourth-order valence-electron chi connectivity index (χ4n) is 0.592.